The molecule has 9 heteroatoms. The van der Waals surface area contributed by atoms with Crippen LogP contribution in [0.5, 0.6) is 0 Å². The second kappa shape index (κ2) is 6.40. The third-order valence-corrected chi connectivity index (χ3v) is 5.32. The second-order valence-electron chi connectivity index (χ2n) is 5.99. The summed E-state index contributed by atoms with van der Waals surface area (Å²) >= 11 is 1.05. The van der Waals surface area contributed by atoms with Gasteiger partial charge >= 0.3 is 0 Å². The lowest BCUT2D eigenvalue weighted by Gasteiger charge is -2.35. The highest BCUT2D eigenvalue weighted by molar-refractivity contribution is 8.14. The Labute approximate surface area is 147 Å². The maximum atomic E-state index is 12.6. The van der Waals surface area contributed by atoms with Gasteiger partial charge in [0.25, 0.3) is 11.1 Å². The molecular weight excluding hydrogens is 344 g/mol. The van der Waals surface area contributed by atoms with Crippen molar-refractivity contribution in [3.8, 4) is 11.5 Å². The minimum atomic E-state index is -0.176. The van der Waals surface area contributed by atoms with Gasteiger partial charge < -0.3 is 9.32 Å². The fraction of sp³-hybridized carbons (Fsp3) is 0.375. The Morgan fingerprint density at radius 1 is 1.32 bits per heavy atom. The fourth-order valence-corrected chi connectivity index (χ4v) is 3.97. The molecule has 0 radical (unpaired) electrons. The number of hydrogen-bond acceptors (Lipinski definition) is 6. The number of rotatable bonds is 3. The first kappa shape index (κ1) is 15.9. The van der Waals surface area contributed by atoms with E-state index in [1.165, 1.54) is 4.90 Å². The third kappa shape index (κ3) is 2.95. The minimum absolute atomic E-state index is 0.114. The van der Waals surface area contributed by atoms with Gasteiger partial charge in [-0.25, -0.2) is 0 Å². The standard InChI is InChI=1S/C16H16N4O4S/c21-14-9-25-16(23)20(14)10-3-5-19(6-4-10)15(22)12-8-11(17-18-12)13-2-1-7-24-13/h1-2,7-8,10H,3-6,9H2,(H,17,18). The molecule has 0 atom stereocenters. The summed E-state index contributed by atoms with van der Waals surface area (Å²) in [6, 6.07) is 5.10. The smallest absolute Gasteiger partial charge is 0.289 e. The molecule has 130 valence electrons. The number of nitrogens with zero attached hydrogens (tertiary/aromatic N) is 3. The van der Waals surface area contributed by atoms with Crippen LogP contribution in [0.15, 0.2) is 28.9 Å². The van der Waals surface area contributed by atoms with Crippen LogP contribution in [-0.4, -0.2) is 61.9 Å². The van der Waals surface area contributed by atoms with Gasteiger partial charge in [0.15, 0.2) is 11.5 Å². The topological polar surface area (TPSA) is 99.5 Å². The number of thioether (sulfide) groups is 1. The molecular formula is C16H16N4O4S. The number of nitrogens with one attached hydrogen (secondary N) is 1. The first-order valence-electron chi connectivity index (χ1n) is 8.01. The average Bonchev–Trinajstić information content (AvgIpc) is 3.35. The predicted molar refractivity (Wildman–Crippen MR) is 89.9 cm³/mol. The molecule has 2 aromatic rings. The molecule has 0 saturated carbocycles. The average molecular weight is 360 g/mol. The van der Waals surface area contributed by atoms with Crippen LogP contribution in [0.25, 0.3) is 11.5 Å². The molecule has 8 nitrogen and oxygen atoms in total. The summed E-state index contributed by atoms with van der Waals surface area (Å²) in [5.41, 5.74) is 0.974. The minimum Gasteiger partial charge on any atom is -0.463 e. The molecule has 2 aromatic heterocycles. The van der Waals surface area contributed by atoms with E-state index in [4.69, 9.17) is 4.42 Å². The van der Waals surface area contributed by atoms with E-state index >= 15 is 0 Å². The van der Waals surface area contributed by atoms with Crippen molar-refractivity contribution in [3.63, 3.8) is 0 Å². The maximum absolute atomic E-state index is 12.6. The number of carbonyl (C=O) groups is 3. The summed E-state index contributed by atoms with van der Waals surface area (Å²) < 4.78 is 5.28. The van der Waals surface area contributed by atoms with Crippen LogP contribution in [0.3, 0.4) is 0 Å². The molecule has 0 spiro atoms. The molecule has 1 N–H and O–H groups in total. The quantitative estimate of drug-likeness (QED) is 0.898. The molecule has 0 unspecified atom stereocenters. The predicted octanol–water partition coefficient (Wildman–Crippen LogP) is 1.97. The largest absolute Gasteiger partial charge is 0.463 e. The van der Waals surface area contributed by atoms with E-state index in [0.717, 1.165) is 11.8 Å². The Kier molecular flexibility index (Phi) is 4.08. The van der Waals surface area contributed by atoms with Crippen molar-refractivity contribution in [2.45, 2.75) is 18.9 Å². The molecule has 2 aliphatic heterocycles. The molecule has 25 heavy (non-hydrogen) atoms. The molecule has 2 aliphatic rings. The van der Waals surface area contributed by atoms with E-state index < -0.39 is 0 Å². The highest BCUT2D eigenvalue weighted by Crippen LogP contribution is 2.27. The van der Waals surface area contributed by atoms with Crippen molar-refractivity contribution in [2.24, 2.45) is 0 Å². The highest BCUT2D eigenvalue weighted by atomic mass is 32.2. The van der Waals surface area contributed by atoms with Gasteiger partial charge in [0.2, 0.25) is 5.91 Å². The van der Waals surface area contributed by atoms with Crippen LogP contribution in [0.1, 0.15) is 23.3 Å². The summed E-state index contributed by atoms with van der Waals surface area (Å²) in [5, 5.41) is 6.70. The number of hydrogen-bond donors (Lipinski definition) is 1. The molecule has 2 fully saturated rings. The zero-order valence-corrected chi connectivity index (χ0v) is 14.1. The second-order valence-corrected chi connectivity index (χ2v) is 6.91. The van der Waals surface area contributed by atoms with Crippen LogP contribution >= 0.6 is 11.8 Å². The van der Waals surface area contributed by atoms with Crippen molar-refractivity contribution < 1.29 is 18.8 Å². The van der Waals surface area contributed by atoms with Gasteiger partial charge in [-0.1, -0.05) is 11.8 Å². The number of piperidine rings is 1. The first-order chi connectivity index (χ1) is 12.1. The Balaban J connectivity index is 1.40. The summed E-state index contributed by atoms with van der Waals surface area (Å²) in [6.45, 7) is 0.988. The normalized spacial score (nSPS) is 19.0. The Hall–Kier alpha value is -2.55. The highest BCUT2D eigenvalue weighted by Gasteiger charge is 2.38. The molecule has 0 aliphatic carbocycles. The SMILES string of the molecule is O=C(c1cc(-c2ccco2)[nH]n1)N1CCC(N2C(=O)CSC2=O)CC1. The number of aromatic amines is 1. The lowest BCUT2D eigenvalue weighted by molar-refractivity contribution is -0.126. The zero-order valence-electron chi connectivity index (χ0n) is 13.3. The molecule has 0 bridgehead atoms. The number of amides is 3. The Morgan fingerprint density at radius 2 is 2.12 bits per heavy atom. The van der Waals surface area contributed by atoms with Crippen LogP contribution in [-0.2, 0) is 4.79 Å². The van der Waals surface area contributed by atoms with Crippen molar-refractivity contribution in [2.75, 3.05) is 18.8 Å². The summed E-state index contributed by atoms with van der Waals surface area (Å²) in [5.74, 6) is 0.547. The van der Waals surface area contributed by atoms with Gasteiger partial charge in [-0.15, -0.1) is 0 Å². The number of imide groups is 1. The third-order valence-electron chi connectivity index (χ3n) is 4.48. The van der Waals surface area contributed by atoms with Crippen molar-refractivity contribution in [3.05, 3.63) is 30.2 Å². The van der Waals surface area contributed by atoms with E-state index in [1.54, 1.807) is 29.4 Å². The summed E-state index contributed by atoms with van der Waals surface area (Å²) in [4.78, 5) is 39.3. The van der Waals surface area contributed by atoms with Gasteiger partial charge in [0.1, 0.15) is 5.69 Å². The first-order valence-corrected chi connectivity index (χ1v) is 8.99. The summed E-state index contributed by atoms with van der Waals surface area (Å²) in [7, 11) is 0. The fourth-order valence-electron chi connectivity index (χ4n) is 3.20. The Bertz CT molecular complexity index is 792. The number of aromatic nitrogens is 2. The van der Waals surface area contributed by atoms with Gasteiger partial charge in [0, 0.05) is 25.2 Å². The van der Waals surface area contributed by atoms with Gasteiger partial charge in [-0.3, -0.25) is 24.4 Å². The lowest BCUT2D eigenvalue weighted by atomic mass is 10.0. The molecule has 4 rings (SSSR count). The van der Waals surface area contributed by atoms with Crippen LogP contribution in [0.4, 0.5) is 4.79 Å². The Morgan fingerprint density at radius 3 is 2.76 bits per heavy atom. The number of carbonyl (C=O) groups excluding carboxylic acids is 3. The van der Waals surface area contributed by atoms with Gasteiger partial charge in [0.05, 0.1) is 12.0 Å². The molecule has 2 saturated heterocycles. The molecule has 4 heterocycles. The lowest BCUT2D eigenvalue weighted by Crippen LogP contribution is -2.48. The maximum Gasteiger partial charge on any atom is 0.289 e. The van der Waals surface area contributed by atoms with Crippen molar-refractivity contribution in [1.82, 2.24) is 20.0 Å². The number of H-pyrrole nitrogens is 1. The van der Waals surface area contributed by atoms with E-state index in [1.807, 2.05) is 0 Å². The van der Waals surface area contributed by atoms with Gasteiger partial charge in [-0.05, 0) is 25.0 Å². The van der Waals surface area contributed by atoms with E-state index in [9.17, 15) is 14.4 Å². The van der Waals surface area contributed by atoms with Crippen LogP contribution in [0.2, 0.25) is 0 Å². The molecule has 3 amide bonds. The van der Waals surface area contributed by atoms with Crippen LogP contribution < -0.4 is 0 Å². The van der Waals surface area contributed by atoms with E-state index in [-0.39, 0.29) is 28.8 Å². The van der Waals surface area contributed by atoms with Gasteiger partial charge in [-0.2, -0.15) is 5.10 Å². The summed E-state index contributed by atoms with van der Waals surface area (Å²) in [6.07, 6.45) is 2.75. The van der Waals surface area contributed by atoms with Crippen molar-refractivity contribution >= 4 is 28.8 Å². The zero-order chi connectivity index (χ0) is 17.4. The molecule has 0 aromatic carbocycles. The van der Waals surface area contributed by atoms with Crippen LogP contribution in [0, 0.1) is 0 Å². The monoisotopic (exact) mass is 360 g/mol. The van der Waals surface area contributed by atoms with Crippen molar-refractivity contribution in [1.29, 1.82) is 0 Å². The van der Waals surface area contributed by atoms with E-state index in [2.05, 4.69) is 10.2 Å². The number of likely N-dealkylation sites (tertiary alicyclic amines) is 1. The number of furan rings is 1. The van der Waals surface area contributed by atoms with E-state index in [0.29, 0.717) is 43.1 Å².